The molecule has 0 aliphatic carbocycles. The first kappa shape index (κ1) is 14.9. The van der Waals surface area contributed by atoms with Crippen molar-refractivity contribution in [3.05, 3.63) is 38.3 Å². The molecule has 3 N–H and O–H groups in total. The fourth-order valence-electron chi connectivity index (χ4n) is 1.14. The molecule has 4 nitrogen and oxygen atoms in total. The molecule has 0 unspecified atom stereocenters. The minimum Gasteiger partial charge on any atom is -0.365 e. The van der Waals surface area contributed by atoms with E-state index in [9.17, 15) is 4.79 Å². The third-order valence-corrected chi connectivity index (χ3v) is 3.90. The molecular weight excluding hydrogens is 338 g/mol. The summed E-state index contributed by atoms with van der Waals surface area (Å²) in [5, 5.41) is 12.8. The number of nitrogens with zero attached hydrogens (tertiary/aromatic N) is 1. The highest BCUT2D eigenvalue weighted by Crippen LogP contribution is 2.28. The molecule has 0 aliphatic heterocycles. The normalized spacial score (nSPS) is 11.4. The Hall–Kier alpha value is -1.16. The maximum absolute atomic E-state index is 11.1. The lowest BCUT2D eigenvalue weighted by Gasteiger charge is -2.10. The largest absolute Gasteiger partial charge is 0.365 e. The molecule has 0 spiro atoms. The molecule has 0 heterocycles. The molecule has 1 rings (SSSR count). The molecule has 0 saturated carbocycles. The van der Waals surface area contributed by atoms with Crippen molar-refractivity contribution >= 4 is 50.9 Å². The molecule has 0 aliphatic rings. The number of hydrogen-bond donors (Lipinski definition) is 2. The minimum absolute atomic E-state index is 0.103. The number of halogens is 2. The Labute approximate surface area is 122 Å². The summed E-state index contributed by atoms with van der Waals surface area (Å²) in [5.41, 5.74) is 5.72. The van der Waals surface area contributed by atoms with E-state index in [4.69, 9.17) is 22.6 Å². The van der Waals surface area contributed by atoms with E-state index in [1.165, 1.54) is 11.8 Å². The van der Waals surface area contributed by atoms with Crippen molar-refractivity contribution in [2.24, 2.45) is 5.73 Å². The van der Waals surface area contributed by atoms with Crippen molar-refractivity contribution in [1.29, 1.82) is 5.26 Å². The second-order valence-electron chi connectivity index (χ2n) is 3.14. The smallest absolute Gasteiger partial charge is 0.262 e. The van der Waals surface area contributed by atoms with Gasteiger partial charge in [-0.25, -0.2) is 0 Å². The van der Waals surface area contributed by atoms with Crippen LogP contribution in [0.25, 0.3) is 0 Å². The van der Waals surface area contributed by atoms with Gasteiger partial charge in [-0.15, -0.1) is 11.8 Å². The Morgan fingerprint density at radius 1 is 1.61 bits per heavy atom. The number of nitrogens with one attached hydrogen (secondary N) is 1. The van der Waals surface area contributed by atoms with Crippen molar-refractivity contribution in [3.63, 3.8) is 0 Å². The Balaban J connectivity index is 3.10. The van der Waals surface area contributed by atoms with Crippen LogP contribution in [-0.2, 0) is 4.79 Å². The van der Waals surface area contributed by atoms with Gasteiger partial charge in [-0.3, -0.25) is 4.79 Å². The van der Waals surface area contributed by atoms with E-state index in [2.05, 4.69) is 21.2 Å². The fourth-order valence-corrected chi connectivity index (χ4v) is 2.20. The van der Waals surface area contributed by atoms with Crippen LogP contribution in [0.3, 0.4) is 0 Å². The van der Waals surface area contributed by atoms with Gasteiger partial charge >= 0.3 is 0 Å². The number of carbonyl (C=O) groups excluding carboxylic acids is 1. The number of benzene rings is 1. The minimum atomic E-state index is -0.762. The molecule has 0 saturated heterocycles. The van der Waals surface area contributed by atoms with Gasteiger partial charge in [0.2, 0.25) is 0 Å². The highest BCUT2D eigenvalue weighted by atomic mass is 79.9. The highest BCUT2D eigenvalue weighted by Gasteiger charge is 2.12. The van der Waals surface area contributed by atoms with Gasteiger partial charge in [-0.2, -0.15) is 5.26 Å². The molecule has 0 radical (unpaired) electrons. The molecule has 1 aromatic carbocycles. The van der Waals surface area contributed by atoms with Crippen LogP contribution >= 0.6 is 39.3 Å². The SMILES string of the molecule is CSC(Nc1ccc(Cl)c(Br)c1)=C(C#N)C(N)=O. The fraction of sp³-hybridized carbons (Fsp3) is 0.0909. The number of hydrogen-bond acceptors (Lipinski definition) is 4. The number of primary amides is 1. The van der Waals surface area contributed by atoms with Crippen LogP contribution in [0.4, 0.5) is 5.69 Å². The maximum atomic E-state index is 11.1. The highest BCUT2D eigenvalue weighted by molar-refractivity contribution is 9.10. The zero-order chi connectivity index (χ0) is 13.7. The summed E-state index contributed by atoms with van der Waals surface area (Å²) in [4.78, 5) is 11.1. The van der Waals surface area contributed by atoms with Gasteiger partial charge in [-0.05, 0) is 40.4 Å². The monoisotopic (exact) mass is 345 g/mol. The zero-order valence-electron chi connectivity index (χ0n) is 9.33. The van der Waals surface area contributed by atoms with Gasteiger partial charge in [0.15, 0.2) is 0 Å². The van der Waals surface area contributed by atoms with E-state index in [-0.39, 0.29) is 5.57 Å². The Bertz CT molecular complexity index is 554. The molecule has 0 bridgehead atoms. The second-order valence-corrected chi connectivity index (χ2v) is 5.22. The number of carbonyl (C=O) groups is 1. The summed E-state index contributed by atoms with van der Waals surface area (Å²) in [5.74, 6) is -0.762. The molecule has 0 atom stereocenters. The standard InChI is InChI=1S/C11H9BrClN3OS/c1-18-11(7(5-14)10(15)17)16-6-2-3-9(13)8(12)4-6/h2-4,16H,1H3,(H2,15,17). The first-order chi connectivity index (χ1) is 8.49. The molecule has 1 amide bonds. The third kappa shape index (κ3) is 3.67. The number of amides is 1. The summed E-state index contributed by atoms with van der Waals surface area (Å²) in [7, 11) is 0. The van der Waals surface area contributed by atoms with Crippen molar-refractivity contribution in [1.82, 2.24) is 0 Å². The summed E-state index contributed by atoms with van der Waals surface area (Å²) in [6.07, 6.45) is 1.74. The van der Waals surface area contributed by atoms with Gasteiger partial charge < -0.3 is 11.1 Å². The molecule has 1 aromatic rings. The first-order valence-electron chi connectivity index (χ1n) is 4.69. The quantitative estimate of drug-likeness (QED) is 0.648. The Morgan fingerprint density at radius 3 is 2.72 bits per heavy atom. The maximum Gasteiger partial charge on any atom is 0.262 e. The van der Waals surface area contributed by atoms with Crippen molar-refractivity contribution in [2.75, 3.05) is 11.6 Å². The average Bonchev–Trinajstić information content (AvgIpc) is 2.33. The number of rotatable bonds is 4. The van der Waals surface area contributed by atoms with E-state index in [0.717, 1.165) is 0 Å². The van der Waals surface area contributed by atoms with Crippen LogP contribution < -0.4 is 11.1 Å². The van der Waals surface area contributed by atoms with Gasteiger partial charge in [-0.1, -0.05) is 11.6 Å². The number of thioether (sulfide) groups is 1. The van der Waals surface area contributed by atoms with Gasteiger partial charge in [0.05, 0.1) is 10.1 Å². The number of nitrogens with two attached hydrogens (primary N) is 1. The third-order valence-electron chi connectivity index (χ3n) is 1.97. The van der Waals surface area contributed by atoms with Crippen molar-refractivity contribution < 1.29 is 4.79 Å². The summed E-state index contributed by atoms with van der Waals surface area (Å²) < 4.78 is 0.715. The summed E-state index contributed by atoms with van der Waals surface area (Å²) in [6, 6.07) is 6.96. The van der Waals surface area contributed by atoms with Crippen LogP contribution in [-0.4, -0.2) is 12.2 Å². The second kappa shape index (κ2) is 6.69. The van der Waals surface area contributed by atoms with Gasteiger partial charge in [0.1, 0.15) is 11.6 Å². The lowest BCUT2D eigenvalue weighted by Crippen LogP contribution is -2.16. The zero-order valence-corrected chi connectivity index (χ0v) is 12.5. The Kier molecular flexibility index (Phi) is 5.54. The lowest BCUT2D eigenvalue weighted by molar-refractivity contribution is -0.114. The average molecular weight is 347 g/mol. The Morgan fingerprint density at radius 2 is 2.28 bits per heavy atom. The summed E-state index contributed by atoms with van der Waals surface area (Å²) in [6.45, 7) is 0. The van der Waals surface area contributed by atoms with Gasteiger partial charge in [0.25, 0.3) is 5.91 Å². The van der Waals surface area contributed by atoms with Crippen LogP contribution in [0, 0.1) is 11.3 Å². The first-order valence-corrected chi connectivity index (χ1v) is 7.09. The van der Waals surface area contributed by atoms with E-state index < -0.39 is 5.91 Å². The van der Waals surface area contributed by atoms with E-state index >= 15 is 0 Å². The number of nitriles is 1. The topological polar surface area (TPSA) is 78.9 Å². The molecule has 0 aromatic heterocycles. The molecule has 7 heteroatoms. The summed E-state index contributed by atoms with van der Waals surface area (Å²) >= 11 is 10.4. The van der Waals surface area contributed by atoms with Crippen LogP contribution in [0.2, 0.25) is 5.02 Å². The lowest BCUT2D eigenvalue weighted by atomic mass is 10.3. The molecule has 0 fully saturated rings. The predicted octanol–water partition coefficient (Wildman–Crippen LogP) is 3.10. The van der Waals surface area contributed by atoms with Crippen LogP contribution in [0.1, 0.15) is 0 Å². The van der Waals surface area contributed by atoms with Crippen LogP contribution in [0.5, 0.6) is 0 Å². The van der Waals surface area contributed by atoms with Gasteiger partial charge in [0, 0.05) is 10.2 Å². The van der Waals surface area contributed by atoms with E-state index in [1.54, 1.807) is 30.5 Å². The molecule has 18 heavy (non-hydrogen) atoms. The molecular formula is C11H9BrClN3OS. The predicted molar refractivity (Wildman–Crippen MR) is 78.1 cm³/mol. The van der Waals surface area contributed by atoms with Crippen LogP contribution in [0.15, 0.2) is 33.3 Å². The van der Waals surface area contributed by atoms with E-state index in [1.807, 2.05) is 0 Å². The number of anilines is 1. The van der Waals surface area contributed by atoms with Crippen molar-refractivity contribution in [3.8, 4) is 6.07 Å². The van der Waals surface area contributed by atoms with Crippen molar-refractivity contribution in [2.45, 2.75) is 0 Å². The van der Waals surface area contributed by atoms with E-state index in [0.29, 0.717) is 20.2 Å². The molecule has 94 valence electrons.